The Bertz CT molecular complexity index is 700. The van der Waals surface area contributed by atoms with E-state index in [9.17, 15) is 9.59 Å². The normalized spacial score (nSPS) is 14.2. The third-order valence-electron chi connectivity index (χ3n) is 4.80. The molecule has 1 amide bonds. The minimum absolute atomic E-state index is 0.192. The maximum atomic E-state index is 12.7. The van der Waals surface area contributed by atoms with Gasteiger partial charge >= 0.3 is 5.97 Å². The van der Waals surface area contributed by atoms with E-state index in [4.69, 9.17) is 4.74 Å². The van der Waals surface area contributed by atoms with E-state index in [2.05, 4.69) is 5.32 Å². The van der Waals surface area contributed by atoms with Gasteiger partial charge in [0.2, 0.25) is 0 Å². The summed E-state index contributed by atoms with van der Waals surface area (Å²) in [5.41, 5.74) is 0.792. The van der Waals surface area contributed by atoms with Crippen LogP contribution in [0, 0.1) is 5.41 Å². The molecule has 2 aromatic rings. The van der Waals surface area contributed by atoms with E-state index in [0.717, 1.165) is 5.56 Å². The Balaban J connectivity index is 2.27. The van der Waals surface area contributed by atoms with Crippen molar-refractivity contribution in [3.8, 4) is 0 Å². The van der Waals surface area contributed by atoms with Crippen molar-refractivity contribution in [1.82, 2.24) is 5.32 Å². The molecule has 2 unspecified atom stereocenters. The van der Waals surface area contributed by atoms with E-state index in [1.165, 1.54) is 7.11 Å². The molecule has 0 aliphatic carbocycles. The molecule has 0 saturated heterocycles. The van der Waals surface area contributed by atoms with E-state index in [1.54, 1.807) is 12.1 Å². The zero-order valence-electron chi connectivity index (χ0n) is 15.0. The number of methoxy groups -OCH3 is 1. The van der Waals surface area contributed by atoms with Crippen LogP contribution in [-0.4, -0.2) is 25.0 Å². The van der Waals surface area contributed by atoms with Gasteiger partial charge in [0.1, 0.15) is 0 Å². The smallest absolute Gasteiger partial charge is 0.314 e. The summed E-state index contributed by atoms with van der Waals surface area (Å²) in [6, 6.07) is 18.4. The minimum atomic E-state index is -0.819. The number of nitrogens with one attached hydrogen (secondary N) is 1. The highest BCUT2D eigenvalue weighted by atomic mass is 16.5. The summed E-state index contributed by atoms with van der Waals surface area (Å²) in [5, 5.41) is 2.98. The van der Waals surface area contributed by atoms with Gasteiger partial charge in [0.15, 0.2) is 0 Å². The van der Waals surface area contributed by atoms with E-state index < -0.39 is 5.41 Å². The molecule has 4 heteroatoms. The Morgan fingerprint density at radius 3 is 2.12 bits per heavy atom. The highest BCUT2D eigenvalue weighted by molar-refractivity contribution is 5.94. The maximum Gasteiger partial charge on any atom is 0.314 e. The standard InChI is InChI=1S/C21H25NO3/c1-4-21(20(24)25-3,15-17-11-7-5-8-12-17)16(2)22-19(23)18-13-9-6-10-14-18/h5-14,16H,4,15H2,1-3H3,(H,22,23). The molecule has 25 heavy (non-hydrogen) atoms. The van der Waals surface area contributed by atoms with Crippen molar-refractivity contribution in [2.75, 3.05) is 7.11 Å². The Kier molecular flexibility index (Phi) is 6.34. The molecule has 0 fully saturated rings. The lowest BCUT2D eigenvalue weighted by Crippen LogP contribution is -2.52. The van der Waals surface area contributed by atoms with Gasteiger partial charge in [-0.2, -0.15) is 0 Å². The molecule has 0 spiro atoms. The Hall–Kier alpha value is -2.62. The van der Waals surface area contributed by atoms with Crippen molar-refractivity contribution >= 4 is 11.9 Å². The lowest BCUT2D eigenvalue weighted by atomic mass is 9.73. The molecule has 132 valence electrons. The molecular formula is C21H25NO3. The Morgan fingerprint density at radius 1 is 1.04 bits per heavy atom. The Labute approximate surface area is 149 Å². The quantitative estimate of drug-likeness (QED) is 0.784. The minimum Gasteiger partial charge on any atom is -0.469 e. The van der Waals surface area contributed by atoms with Crippen LogP contribution in [-0.2, 0) is 16.0 Å². The highest BCUT2D eigenvalue weighted by Crippen LogP contribution is 2.33. The van der Waals surface area contributed by atoms with Gasteiger partial charge in [-0.3, -0.25) is 9.59 Å². The molecule has 2 rings (SSSR count). The SMILES string of the molecule is CCC(Cc1ccccc1)(C(=O)OC)C(C)NC(=O)c1ccccc1. The predicted molar refractivity (Wildman–Crippen MR) is 98.3 cm³/mol. The number of rotatable bonds is 7. The summed E-state index contributed by atoms with van der Waals surface area (Å²) in [6.07, 6.45) is 1.07. The number of carbonyl (C=O) groups is 2. The molecule has 0 aliphatic rings. The molecule has 1 N–H and O–H groups in total. The second-order valence-electron chi connectivity index (χ2n) is 6.22. The highest BCUT2D eigenvalue weighted by Gasteiger charge is 2.44. The van der Waals surface area contributed by atoms with Crippen molar-refractivity contribution in [2.45, 2.75) is 32.7 Å². The lowest BCUT2D eigenvalue weighted by Gasteiger charge is -2.36. The van der Waals surface area contributed by atoms with Gasteiger partial charge in [0.05, 0.1) is 12.5 Å². The van der Waals surface area contributed by atoms with Gasteiger partial charge in [0, 0.05) is 11.6 Å². The first kappa shape index (κ1) is 18.7. The topological polar surface area (TPSA) is 55.4 Å². The summed E-state index contributed by atoms with van der Waals surface area (Å²) in [7, 11) is 1.39. The van der Waals surface area contributed by atoms with Crippen LogP contribution in [0.4, 0.5) is 0 Å². The number of amides is 1. The molecule has 4 nitrogen and oxygen atoms in total. The molecule has 0 heterocycles. The van der Waals surface area contributed by atoms with Crippen molar-refractivity contribution in [2.24, 2.45) is 5.41 Å². The number of ether oxygens (including phenoxy) is 1. The fourth-order valence-corrected chi connectivity index (χ4v) is 3.15. The molecule has 0 aliphatic heterocycles. The van der Waals surface area contributed by atoms with Crippen LogP contribution in [0.25, 0.3) is 0 Å². The lowest BCUT2D eigenvalue weighted by molar-refractivity contribution is -0.154. The van der Waals surface area contributed by atoms with E-state index >= 15 is 0 Å². The van der Waals surface area contributed by atoms with Crippen LogP contribution < -0.4 is 5.32 Å². The fraction of sp³-hybridized carbons (Fsp3) is 0.333. The largest absolute Gasteiger partial charge is 0.469 e. The summed E-state index contributed by atoms with van der Waals surface area (Å²) in [6.45, 7) is 3.81. The van der Waals surface area contributed by atoms with Crippen LogP contribution in [0.3, 0.4) is 0 Å². The monoisotopic (exact) mass is 339 g/mol. The van der Waals surface area contributed by atoms with Crippen LogP contribution in [0.1, 0.15) is 36.2 Å². The van der Waals surface area contributed by atoms with Crippen molar-refractivity contribution in [3.05, 3.63) is 71.8 Å². The molecule has 0 aromatic heterocycles. The van der Waals surface area contributed by atoms with Crippen molar-refractivity contribution < 1.29 is 14.3 Å². The summed E-state index contributed by atoms with van der Waals surface area (Å²) in [4.78, 5) is 25.2. The van der Waals surface area contributed by atoms with Crippen LogP contribution in [0.2, 0.25) is 0 Å². The average molecular weight is 339 g/mol. The van der Waals surface area contributed by atoms with E-state index in [1.807, 2.05) is 62.4 Å². The summed E-state index contributed by atoms with van der Waals surface area (Å²) >= 11 is 0. The van der Waals surface area contributed by atoms with E-state index in [-0.39, 0.29) is 17.9 Å². The Morgan fingerprint density at radius 2 is 1.60 bits per heavy atom. The van der Waals surface area contributed by atoms with Crippen molar-refractivity contribution in [3.63, 3.8) is 0 Å². The zero-order chi connectivity index (χ0) is 18.3. The molecule has 0 radical (unpaired) electrons. The summed E-state index contributed by atoms with van der Waals surface area (Å²) in [5.74, 6) is -0.498. The van der Waals surface area contributed by atoms with Gasteiger partial charge in [0.25, 0.3) is 5.91 Å². The molecule has 2 aromatic carbocycles. The zero-order valence-corrected chi connectivity index (χ0v) is 15.0. The van der Waals surface area contributed by atoms with Crippen LogP contribution in [0.5, 0.6) is 0 Å². The van der Waals surface area contributed by atoms with Crippen molar-refractivity contribution in [1.29, 1.82) is 0 Å². The number of hydrogen-bond acceptors (Lipinski definition) is 3. The number of carbonyl (C=O) groups excluding carboxylic acids is 2. The first-order valence-electron chi connectivity index (χ1n) is 8.51. The van der Waals surface area contributed by atoms with E-state index in [0.29, 0.717) is 18.4 Å². The first-order valence-corrected chi connectivity index (χ1v) is 8.51. The van der Waals surface area contributed by atoms with Crippen LogP contribution >= 0.6 is 0 Å². The maximum absolute atomic E-state index is 12.7. The first-order chi connectivity index (χ1) is 12.0. The third-order valence-corrected chi connectivity index (χ3v) is 4.80. The molecule has 0 saturated carbocycles. The second kappa shape index (κ2) is 8.47. The van der Waals surface area contributed by atoms with Gasteiger partial charge in [-0.25, -0.2) is 0 Å². The third kappa shape index (κ3) is 4.27. The molecular weight excluding hydrogens is 314 g/mol. The van der Waals surface area contributed by atoms with Gasteiger partial charge in [-0.15, -0.1) is 0 Å². The molecule has 0 bridgehead atoms. The average Bonchev–Trinajstić information content (AvgIpc) is 2.66. The second-order valence-corrected chi connectivity index (χ2v) is 6.22. The number of hydrogen-bond donors (Lipinski definition) is 1. The fourth-order valence-electron chi connectivity index (χ4n) is 3.15. The number of benzene rings is 2. The van der Waals surface area contributed by atoms with Crippen LogP contribution in [0.15, 0.2) is 60.7 Å². The van der Waals surface area contributed by atoms with Gasteiger partial charge < -0.3 is 10.1 Å². The predicted octanol–water partition coefficient (Wildman–Crippen LogP) is 3.62. The summed E-state index contributed by atoms with van der Waals surface area (Å²) < 4.78 is 5.10. The molecule has 2 atom stereocenters. The number of esters is 1. The van der Waals surface area contributed by atoms with Gasteiger partial charge in [-0.05, 0) is 37.5 Å². The van der Waals surface area contributed by atoms with Gasteiger partial charge in [-0.1, -0.05) is 55.5 Å².